The molecule has 0 rings (SSSR count). The minimum Gasteiger partial charge on any atom is -0.462 e. The zero-order chi connectivity index (χ0) is 40.7. The highest BCUT2D eigenvalue weighted by atomic mass is 16.6. The first-order valence-corrected chi connectivity index (χ1v) is 24.2. The summed E-state index contributed by atoms with van der Waals surface area (Å²) in [7, 11) is 0. The second-order valence-electron chi connectivity index (χ2n) is 16.0. The predicted octanol–water partition coefficient (Wildman–Crippen LogP) is 16.0. The van der Waals surface area contributed by atoms with Crippen LogP contribution in [0.3, 0.4) is 0 Å². The van der Waals surface area contributed by atoms with Crippen molar-refractivity contribution >= 4 is 11.9 Å². The van der Waals surface area contributed by atoms with E-state index >= 15 is 0 Å². The Balaban J connectivity index is 4.20. The fraction of sp³-hybridized carbons (Fsp3) is 0.804. The summed E-state index contributed by atoms with van der Waals surface area (Å²) in [6.45, 7) is 7.75. The molecule has 0 amide bonds. The van der Waals surface area contributed by atoms with E-state index in [1.807, 2.05) is 0 Å². The number of allylic oxidation sites excluding steroid dienone is 8. The maximum atomic E-state index is 12.7. The lowest BCUT2D eigenvalue weighted by Crippen LogP contribution is -2.30. The van der Waals surface area contributed by atoms with Gasteiger partial charge in [-0.3, -0.25) is 9.59 Å². The Bertz CT molecular complexity index is 935. The molecule has 56 heavy (non-hydrogen) atoms. The average molecular weight is 785 g/mol. The van der Waals surface area contributed by atoms with Gasteiger partial charge in [-0.2, -0.15) is 0 Å². The van der Waals surface area contributed by atoms with E-state index in [1.54, 1.807) is 0 Å². The number of hydrogen-bond acceptors (Lipinski definition) is 5. The third-order valence-corrected chi connectivity index (χ3v) is 10.3. The van der Waals surface area contributed by atoms with E-state index in [2.05, 4.69) is 69.4 Å². The van der Waals surface area contributed by atoms with Crippen molar-refractivity contribution in [3.8, 4) is 0 Å². The summed E-state index contributed by atoms with van der Waals surface area (Å²) in [6, 6.07) is 0. The van der Waals surface area contributed by atoms with E-state index in [0.29, 0.717) is 19.4 Å². The van der Waals surface area contributed by atoms with Crippen molar-refractivity contribution in [1.29, 1.82) is 0 Å². The van der Waals surface area contributed by atoms with Crippen LogP contribution in [0.15, 0.2) is 48.6 Å². The van der Waals surface area contributed by atoms with Crippen LogP contribution < -0.4 is 0 Å². The fourth-order valence-corrected chi connectivity index (χ4v) is 6.69. The maximum absolute atomic E-state index is 12.7. The number of ether oxygens (including phenoxy) is 3. The van der Waals surface area contributed by atoms with Gasteiger partial charge in [-0.05, 0) is 83.5 Å². The molecule has 0 aromatic heterocycles. The van der Waals surface area contributed by atoms with E-state index in [4.69, 9.17) is 14.2 Å². The fourth-order valence-electron chi connectivity index (χ4n) is 6.69. The standard InChI is InChI=1S/C51H92O5/c1-4-7-10-13-16-19-21-23-25-26-28-29-31-33-35-38-41-44-50(52)55-48-49(47-54-46-43-40-37-18-15-12-9-6-3)56-51(53)45-42-39-36-34-32-30-27-24-22-20-17-14-11-8-5-2/h16-17,19-20,23-25,27,49H,4-15,18,21-22,26,28-48H2,1-3H3/b19-16-,20-17-,25-23-,27-24-. The Labute approximate surface area is 348 Å². The number of esters is 2. The second kappa shape index (κ2) is 47.2. The normalized spacial score (nSPS) is 12.6. The molecular formula is C51H92O5. The van der Waals surface area contributed by atoms with Gasteiger partial charge < -0.3 is 14.2 Å². The van der Waals surface area contributed by atoms with Crippen LogP contribution in [0.25, 0.3) is 0 Å². The highest BCUT2D eigenvalue weighted by molar-refractivity contribution is 5.70. The van der Waals surface area contributed by atoms with Gasteiger partial charge in [0, 0.05) is 19.4 Å². The molecule has 0 aliphatic carbocycles. The number of carbonyl (C=O) groups is 2. The predicted molar refractivity (Wildman–Crippen MR) is 242 cm³/mol. The molecule has 326 valence electrons. The van der Waals surface area contributed by atoms with Crippen molar-refractivity contribution in [3.63, 3.8) is 0 Å². The Morgan fingerprint density at radius 2 is 0.750 bits per heavy atom. The van der Waals surface area contributed by atoms with Crippen molar-refractivity contribution in [2.45, 2.75) is 245 Å². The molecule has 0 saturated carbocycles. The summed E-state index contributed by atoms with van der Waals surface area (Å²) in [5.74, 6) is -0.417. The van der Waals surface area contributed by atoms with Gasteiger partial charge in [0.1, 0.15) is 6.61 Å². The summed E-state index contributed by atoms with van der Waals surface area (Å²) in [5.41, 5.74) is 0. The molecule has 0 aromatic rings. The van der Waals surface area contributed by atoms with Gasteiger partial charge >= 0.3 is 11.9 Å². The summed E-state index contributed by atoms with van der Waals surface area (Å²) in [5, 5.41) is 0. The first-order chi connectivity index (χ1) is 27.6. The maximum Gasteiger partial charge on any atom is 0.306 e. The van der Waals surface area contributed by atoms with Crippen LogP contribution in [-0.4, -0.2) is 37.9 Å². The number of rotatable bonds is 44. The number of unbranched alkanes of at least 4 members (excludes halogenated alkanes) is 25. The molecule has 5 heteroatoms. The van der Waals surface area contributed by atoms with Crippen molar-refractivity contribution in [1.82, 2.24) is 0 Å². The Morgan fingerprint density at radius 3 is 1.21 bits per heavy atom. The first kappa shape index (κ1) is 53.9. The summed E-state index contributed by atoms with van der Waals surface area (Å²) in [6.07, 6.45) is 56.8. The molecule has 0 bridgehead atoms. The molecule has 0 fully saturated rings. The Hall–Kier alpha value is -2.14. The number of hydrogen-bond donors (Lipinski definition) is 0. The molecule has 0 aromatic carbocycles. The third-order valence-electron chi connectivity index (χ3n) is 10.3. The van der Waals surface area contributed by atoms with Gasteiger partial charge in [0.05, 0.1) is 6.61 Å². The van der Waals surface area contributed by atoms with Crippen LogP contribution in [0.1, 0.15) is 239 Å². The van der Waals surface area contributed by atoms with Gasteiger partial charge in [0.25, 0.3) is 0 Å². The Morgan fingerprint density at radius 1 is 0.393 bits per heavy atom. The van der Waals surface area contributed by atoms with Gasteiger partial charge in [0.2, 0.25) is 0 Å². The zero-order valence-corrected chi connectivity index (χ0v) is 37.4. The van der Waals surface area contributed by atoms with Crippen molar-refractivity contribution in [2.75, 3.05) is 19.8 Å². The van der Waals surface area contributed by atoms with Crippen LogP contribution in [0.2, 0.25) is 0 Å². The van der Waals surface area contributed by atoms with E-state index in [0.717, 1.165) is 70.6 Å². The highest BCUT2D eigenvalue weighted by Crippen LogP contribution is 2.13. The Kier molecular flexibility index (Phi) is 45.4. The minimum atomic E-state index is -0.541. The molecule has 1 atom stereocenters. The second-order valence-corrected chi connectivity index (χ2v) is 16.0. The lowest BCUT2D eigenvalue weighted by molar-refractivity contribution is -0.163. The monoisotopic (exact) mass is 785 g/mol. The van der Waals surface area contributed by atoms with E-state index in [-0.39, 0.29) is 25.2 Å². The van der Waals surface area contributed by atoms with Crippen LogP contribution in [0.5, 0.6) is 0 Å². The van der Waals surface area contributed by atoms with Gasteiger partial charge in [-0.15, -0.1) is 0 Å². The lowest BCUT2D eigenvalue weighted by atomic mass is 10.1. The lowest BCUT2D eigenvalue weighted by Gasteiger charge is -2.18. The van der Waals surface area contributed by atoms with Crippen LogP contribution in [0.4, 0.5) is 0 Å². The van der Waals surface area contributed by atoms with E-state index in [1.165, 1.54) is 135 Å². The molecule has 5 nitrogen and oxygen atoms in total. The summed E-state index contributed by atoms with van der Waals surface area (Å²) in [4.78, 5) is 25.3. The molecule has 0 N–H and O–H groups in total. The van der Waals surface area contributed by atoms with Crippen LogP contribution >= 0.6 is 0 Å². The van der Waals surface area contributed by atoms with Crippen molar-refractivity contribution in [3.05, 3.63) is 48.6 Å². The average Bonchev–Trinajstić information content (AvgIpc) is 3.20. The first-order valence-electron chi connectivity index (χ1n) is 24.2. The van der Waals surface area contributed by atoms with Crippen LogP contribution in [-0.2, 0) is 23.8 Å². The zero-order valence-electron chi connectivity index (χ0n) is 37.4. The van der Waals surface area contributed by atoms with Gasteiger partial charge in [-0.25, -0.2) is 0 Å². The van der Waals surface area contributed by atoms with Crippen molar-refractivity contribution < 1.29 is 23.8 Å². The third kappa shape index (κ3) is 44.6. The van der Waals surface area contributed by atoms with E-state index < -0.39 is 6.10 Å². The molecule has 1 unspecified atom stereocenters. The van der Waals surface area contributed by atoms with Gasteiger partial charge in [-0.1, -0.05) is 191 Å². The highest BCUT2D eigenvalue weighted by Gasteiger charge is 2.17. The topological polar surface area (TPSA) is 61.8 Å². The quantitative estimate of drug-likeness (QED) is 0.0350. The summed E-state index contributed by atoms with van der Waals surface area (Å²) >= 11 is 0. The van der Waals surface area contributed by atoms with Crippen molar-refractivity contribution in [2.24, 2.45) is 0 Å². The molecule has 0 radical (unpaired) electrons. The molecule has 0 heterocycles. The van der Waals surface area contributed by atoms with Gasteiger partial charge in [0.15, 0.2) is 6.10 Å². The largest absolute Gasteiger partial charge is 0.462 e. The summed E-state index contributed by atoms with van der Waals surface area (Å²) < 4.78 is 17.3. The molecule has 0 aliphatic heterocycles. The molecule has 0 saturated heterocycles. The molecule has 0 spiro atoms. The molecule has 0 aliphatic rings. The van der Waals surface area contributed by atoms with Crippen LogP contribution in [0, 0.1) is 0 Å². The SMILES string of the molecule is CCCCC/C=C\C/C=C\CCCCCCCCCC(=O)OCC(COCCCCCCCCCC)OC(=O)CCCCCCC/C=C\C/C=C\CCCCC. The molecular weight excluding hydrogens is 693 g/mol. The minimum absolute atomic E-state index is 0.0772. The smallest absolute Gasteiger partial charge is 0.306 e. The van der Waals surface area contributed by atoms with E-state index in [9.17, 15) is 9.59 Å². The number of carbonyl (C=O) groups excluding carboxylic acids is 2.